The van der Waals surface area contributed by atoms with E-state index in [1.807, 2.05) is 6.08 Å². The van der Waals surface area contributed by atoms with Gasteiger partial charge in [-0.3, -0.25) is 4.79 Å². The maximum atomic E-state index is 12.6. The predicted molar refractivity (Wildman–Crippen MR) is 94.9 cm³/mol. The zero-order valence-corrected chi connectivity index (χ0v) is 15.2. The lowest BCUT2D eigenvalue weighted by molar-refractivity contribution is 0.0768. The van der Waals surface area contributed by atoms with Crippen molar-refractivity contribution in [1.82, 2.24) is 9.62 Å². The molecule has 0 radical (unpaired) electrons. The molecule has 1 saturated heterocycles. The minimum Gasteiger partial charge on any atom is -0.377 e. The van der Waals surface area contributed by atoms with Gasteiger partial charge in [-0.25, -0.2) is 13.1 Å². The Hall–Kier alpha value is -1.70. The Morgan fingerprint density at radius 1 is 1.40 bits per heavy atom. The lowest BCUT2D eigenvalue weighted by atomic mass is 10.1. The summed E-state index contributed by atoms with van der Waals surface area (Å²) in [5.41, 5.74) is 1.67. The van der Waals surface area contributed by atoms with Crippen LogP contribution >= 0.6 is 0 Å². The van der Waals surface area contributed by atoms with Crippen molar-refractivity contribution < 1.29 is 17.9 Å². The van der Waals surface area contributed by atoms with E-state index in [0.29, 0.717) is 25.3 Å². The van der Waals surface area contributed by atoms with E-state index in [9.17, 15) is 13.2 Å². The molecule has 0 spiro atoms. The molecule has 2 aliphatic rings. The maximum Gasteiger partial charge on any atom is 0.254 e. The SMILES string of the molecule is CC1=CCN(C(=O)c2cccc(S(=O)(=O)NC[C@@H]3CCCO3)c2)CC1. The quantitative estimate of drug-likeness (QED) is 0.810. The molecule has 0 unspecified atom stereocenters. The van der Waals surface area contributed by atoms with Gasteiger partial charge < -0.3 is 9.64 Å². The molecule has 2 aliphatic heterocycles. The summed E-state index contributed by atoms with van der Waals surface area (Å²) in [7, 11) is -3.66. The highest BCUT2D eigenvalue weighted by Crippen LogP contribution is 2.17. The third-order valence-corrected chi connectivity index (χ3v) is 6.06. The van der Waals surface area contributed by atoms with E-state index in [2.05, 4.69) is 11.6 Å². The van der Waals surface area contributed by atoms with Gasteiger partial charge in [0.05, 0.1) is 11.0 Å². The molecule has 0 bridgehead atoms. The summed E-state index contributed by atoms with van der Waals surface area (Å²) < 4.78 is 33.0. The second-order valence-electron chi connectivity index (χ2n) is 6.57. The molecule has 2 heterocycles. The van der Waals surface area contributed by atoms with Crippen molar-refractivity contribution in [3.05, 3.63) is 41.5 Å². The number of sulfonamides is 1. The van der Waals surface area contributed by atoms with Gasteiger partial charge in [-0.05, 0) is 44.4 Å². The molecule has 136 valence electrons. The lowest BCUT2D eigenvalue weighted by Gasteiger charge is -2.25. The molecule has 25 heavy (non-hydrogen) atoms. The largest absolute Gasteiger partial charge is 0.377 e. The first-order valence-corrected chi connectivity index (χ1v) is 10.1. The van der Waals surface area contributed by atoms with Crippen LogP contribution in [0.25, 0.3) is 0 Å². The molecule has 0 aromatic heterocycles. The number of carbonyl (C=O) groups excluding carboxylic acids is 1. The fraction of sp³-hybridized carbons (Fsp3) is 0.500. The number of rotatable bonds is 5. The average Bonchev–Trinajstić information content (AvgIpc) is 3.14. The van der Waals surface area contributed by atoms with Gasteiger partial charge in [-0.15, -0.1) is 0 Å². The van der Waals surface area contributed by atoms with Gasteiger partial charge in [0.1, 0.15) is 0 Å². The molecular weight excluding hydrogens is 340 g/mol. The van der Waals surface area contributed by atoms with E-state index < -0.39 is 10.0 Å². The Labute approximate surface area is 148 Å². The van der Waals surface area contributed by atoms with Crippen LogP contribution in [0.15, 0.2) is 40.8 Å². The minimum absolute atomic E-state index is 0.0667. The number of hydrogen-bond donors (Lipinski definition) is 1. The van der Waals surface area contributed by atoms with Crippen LogP contribution in [-0.2, 0) is 14.8 Å². The van der Waals surface area contributed by atoms with Crippen molar-refractivity contribution in [2.45, 2.75) is 37.2 Å². The summed E-state index contributed by atoms with van der Waals surface area (Å²) in [5.74, 6) is -0.139. The molecule has 0 saturated carbocycles. The number of amides is 1. The van der Waals surface area contributed by atoms with Crippen molar-refractivity contribution in [2.75, 3.05) is 26.2 Å². The molecule has 1 aromatic rings. The summed E-state index contributed by atoms with van der Waals surface area (Å²) >= 11 is 0. The van der Waals surface area contributed by atoms with E-state index in [0.717, 1.165) is 19.3 Å². The van der Waals surface area contributed by atoms with Crippen LogP contribution in [0.5, 0.6) is 0 Å². The summed E-state index contributed by atoms with van der Waals surface area (Å²) in [6.07, 6.45) is 4.64. The second kappa shape index (κ2) is 7.68. The number of benzene rings is 1. The molecular formula is C18H24N2O4S. The molecule has 1 fully saturated rings. The number of nitrogens with one attached hydrogen (secondary N) is 1. The van der Waals surface area contributed by atoms with Crippen molar-refractivity contribution in [3.63, 3.8) is 0 Å². The van der Waals surface area contributed by atoms with Crippen LogP contribution in [0.1, 0.15) is 36.5 Å². The highest BCUT2D eigenvalue weighted by Gasteiger charge is 2.22. The highest BCUT2D eigenvalue weighted by molar-refractivity contribution is 7.89. The Morgan fingerprint density at radius 2 is 2.24 bits per heavy atom. The van der Waals surface area contributed by atoms with E-state index in [-0.39, 0.29) is 23.5 Å². The average molecular weight is 364 g/mol. The topological polar surface area (TPSA) is 75.7 Å². The van der Waals surface area contributed by atoms with Gasteiger partial charge in [0, 0.05) is 31.8 Å². The van der Waals surface area contributed by atoms with E-state index in [4.69, 9.17) is 4.74 Å². The summed E-state index contributed by atoms with van der Waals surface area (Å²) in [6.45, 7) is 4.22. The van der Waals surface area contributed by atoms with Gasteiger partial charge in [0.15, 0.2) is 0 Å². The first-order chi connectivity index (χ1) is 12.0. The number of hydrogen-bond acceptors (Lipinski definition) is 4. The lowest BCUT2D eigenvalue weighted by Crippen LogP contribution is -2.35. The van der Waals surface area contributed by atoms with Crippen LogP contribution in [0, 0.1) is 0 Å². The third kappa shape index (κ3) is 4.48. The zero-order chi connectivity index (χ0) is 17.9. The van der Waals surface area contributed by atoms with Crippen molar-refractivity contribution >= 4 is 15.9 Å². The van der Waals surface area contributed by atoms with Crippen LogP contribution in [0.4, 0.5) is 0 Å². The van der Waals surface area contributed by atoms with E-state index in [1.165, 1.54) is 17.7 Å². The van der Waals surface area contributed by atoms with Gasteiger partial charge in [0.2, 0.25) is 10.0 Å². The maximum absolute atomic E-state index is 12.6. The number of ether oxygens (including phenoxy) is 1. The molecule has 3 rings (SSSR count). The van der Waals surface area contributed by atoms with Gasteiger partial charge >= 0.3 is 0 Å². The monoisotopic (exact) mass is 364 g/mol. The van der Waals surface area contributed by atoms with Crippen molar-refractivity contribution in [2.24, 2.45) is 0 Å². The molecule has 1 N–H and O–H groups in total. The van der Waals surface area contributed by atoms with Crippen LogP contribution < -0.4 is 4.72 Å². The molecule has 7 heteroatoms. The fourth-order valence-electron chi connectivity index (χ4n) is 3.03. The number of carbonyl (C=O) groups is 1. The molecule has 1 amide bonds. The first-order valence-electron chi connectivity index (χ1n) is 8.62. The summed E-state index contributed by atoms with van der Waals surface area (Å²) in [4.78, 5) is 14.5. The van der Waals surface area contributed by atoms with E-state index in [1.54, 1.807) is 17.0 Å². The highest BCUT2D eigenvalue weighted by atomic mass is 32.2. The molecule has 1 atom stereocenters. The fourth-order valence-corrected chi connectivity index (χ4v) is 4.14. The second-order valence-corrected chi connectivity index (χ2v) is 8.33. The smallest absolute Gasteiger partial charge is 0.254 e. The van der Waals surface area contributed by atoms with E-state index >= 15 is 0 Å². The Morgan fingerprint density at radius 3 is 2.92 bits per heavy atom. The summed E-state index contributed by atoms with van der Waals surface area (Å²) in [5, 5.41) is 0. The van der Waals surface area contributed by atoms with Gasteiger partial charge in [0.25, 0.3) is 5.91 Å². The van der Waals surface area contributed by atoms with Gasteiger partial charge in [-0.2, -0.15) is 0 Å². The van der Waals surface area contributed by atoms with Crippen molar-refractivity contribution in [1.29, 1.82) is 0 Å². The van der Waals surface area contributed by atoms with Crippen LogP contribution in [0.2, 0.25) is 0 Å². The van der Waals surface area contributed by atoms with Gasteiger partial charge in [-0.1, -0.05) is 17.7 Å². The minimum atomic E-state index is -3.66. The van der Waals surface area contributed by atoms with Crippen LogP contribution in [-0.4, -0.2) is 51.6 Å². The normalized spacial score (nSPS) is 21.2. The molecule has 6 nitrogen and oxygen atoms in total. The zero-order valence-electron chi connectivity index (χ0n) is 14.4. The predicted octanol–water partition coefficient (Wildman–Crippen LogP) is 1.94. The third-order valence-electron chi connectivity index (χ3n) is 4.64. The standard InChI is InChI=1S/C18H24N2O4S/c1-14-7-9-20(10-8-14)18(21)15-4-2-6-17(12-15)25(22,23)19-13-16-5-3-11-24-16/h2,4,6-7,12,16,19H,3,5,8-11,13H2,1H3/t16-/m0/s1. The Bertz CT molecular complexity index is 767. The summed E-state index contributed by atoms with van der Waals surface area (Å²) in [6, 6.07) is 6.23. The molecule has 0 aliphatic carbocycles. The number of nitrogens with zero attached hydrogens (tertiary/aromatic N) is 1. The molecule has 1 aromatic carbocycles. The Kier molecular flexibility index (Phi) is 5.56. The van der Waals surface area contributed by atoms with Crippen molar-refractivity contribution in [3.8, 4) is 0 Å². The first kappa shape index (κ1) is 18.1. The Balaban J connectivity index is 1.70. The van der Waals surface area contributed by atoms with Crippen LogP contribution in [0.3, 0.4) is 0 Å².